The highest BCUT2D eigenvalue weighted by molar-refractivity contribution is 5.91. The van der Waals surface area contributed by atoms with Gasteiger partial charge in [-0.2, -0.15) is 26.3 Å². The number of fused-ring (bicyclic) bond motifs is 1. The summed E-state index contributed by atoms with van der Waals surface area (Å²) < 4.78 is 88.6. The summed E-state index contributed by atoms with van der Waals surface area (Å²) in [7, 11) is 1.52. The molecular weight excluding hydrogens is 556 g/mol. The molecule has 3 heterocycles. The average molecular weight is 586 g/mol. The molecule has 0 fully saturated rings. The number of ether oxygens (including phenoxy) is 1. The monoisotopic (exact) mass is 585 g/mol. The molecule has 0 saturated heterocycles. The lowest BCUT2D eigenvalue weighted by atomic mass is 9.88. The van der Waals surface area contributed by atoms with Crippen LogP contribution in [0.4, 0.5) is 42.8 Å². The highest BCUT2D eigenvalue weighted by atomic mass is 19.4. The molecule has 3 aromatic rings. The highest BCUT2D eigenvalue weighted by Crippen LogP contribution is 2.45. The summed E-state index contributed by atoms with van der Waals surface area (Å²) in [5, 5.41) is 11.5. The quantitative estimate of drug-likeness (QED) is 0.321. The van der Waals surface area contributed by atoms with Crippen LogP contribution in [0.1, 0.15) is 66.4 Å². The maximum atomic E-state index is 13.7. The van der Waals surface area contributed by atoms with Gasteiger partial charge in [0.1, 0.15) is 0 Å². The lowest BCUT2D eigenvalue weighted by Gasteiger charge is -2.44. The fourth-order valence-corrected chi connectivity index (χ4v) is 5.27. The number of tetrazole rings is 1. The maximum Gasteiger partial charge on any atom is 0.416 e. The first-order chi connectivity index (χ1) is 19.1. The Labute approximate surface area is 232 Å². The third kappa shape index (κ3) is 6.07. The second-order valence-electron chi connectivity index (χ2n) is 9.81. The van der Waals surface area contributed by atoms with E-state index in [2.05, 4.69) is 20.5 Å². The van der Waals surface area contributed by atoms with Gasteiger partial charge < -0.3 is 9.64 Å². The summed E-state index contributed by atoms with van der Waals surface area (Å²) in [5.74, 6) is 0.124. The van der Waals surface area contributed by atoms with Gasteiger partial charge in [-0.05, 0) is 73.9 Å². The number of hydrogen-bond acceptors (Lipinski definition) is 7. The minimum atomic E-state index is -5.00. The van der Waals surface area contributed by atoms with Crippen LogP contribution in [0.15, 0.2) is 24.3 Å². The van der Waals surface area contributed by atoms with Crippen molar-refractivity contribution in [2.24, 2.45) is 7.05 Å². The van der Waals surface area contributed by atoms with Gasteiger partial charge in [-0.15, -0.1) is 0 Å². The minimum Gasteiger partial charge on any atom is -0.449 e. The molecule has 0 radical (unpaired) electrons. The molecule has 4 rings (SSSR count). The van der Waals surface area contributed by atoms with Gasteiger partial charge in [0.2, 0.25) is 5.95 Å². The van der Waals surface area contributed by atoms with Crippen molar-refractivity contribution in [3.63, 3.8) is 0 Å². The first-order valence-electron chi connectivity index (χ1n) is 12.9. The molecule has 222 valence electrons. The summed E-state index contributed by atoms with van der Waals surface area (Å²) in [4.78, 5) is 20.7. The predicted octanol–water partition coefficient (Wildman–Crippen LogP) is 6.15. The van der Waals surface area contributed by atoms with E-state index in [1.807, 2.05) is 6.92 Å². The van der Waals surface area contributed by atoms with Crippen molar-refractivity contribution in [3.05, 3.63) is 57.9 Å². The summed E-state index contributed by atoms with van der Waals surface area (Å²) in [5.41, 5.74) is -0.877. The molecule has 41 heavy (non-hydrogen) atoms. The molecule has 9 nitrogen and oxygen atoms in total. The highest BCUT2D eigenvalue weighted by Gasteiger charge is 2.42. The van der Waals surface area contributed by atoms with Crippen molar-refractivity contribution in [2.45, 2.75) is 71.5 Å². The number of halogens is 6. The Bertz CT molecular complexity index is 1390. The Kier molecular flexibility index (Phi) is 8.18. The van der Waals surface area contributed by atoms with Crippen molar-refractivity contribution >= 4 is 17.7 Å². The Hall–Kier alpha value is -3.91. The van der Waals surface area contributed by atoms with Crippen molar-refractivity contribution in [1.29, 1.82) is 0 Å². The molecule has 0 N–H and O–H groups in total. The number of pyridine rings is 1. The van der Waals surface area contributed by atoms with Gasteiger partial charge in [-0.1, -0.05) is 12.0 Å². The zero-order valence-corrected chi connectivity index (χ0v) is 23.0. The number of alkyl halides is 6. The van der Waals surface area contributed by atoms with E-state index in [0.29, 0.717) is 41.2 Å². The van der Waals surface area contributed by atoms with E-state index >= 15 is 0 Å². The summed E-state index contributed by atoms with van der Waals surface area (Å²) in [6.45, 7) is 6.77. The third-order valence-electron chi connectivity index (χ3n) is 6.95. The number of hydrogen-bond donors (Lipinski definition) is 0. The number of aryl methyl sites for hydroxylation is 3. The number of benzene rings is 1. The average Bonchev–Trinajstić information content (AvgIpc) is 3.30. The molecule has 2 atom stereocenters. The van der Waals surface area contributed by atoms with Crippen molar-refractivity contribution in [1.82, 2.24) is 25.2 Å². The number of rotatable bonds is 6. The molecule has 1 aromatic carbocycles. The van der Waals surface area contributed by atoms with Gasteiger partial charge in [-0.3, -0.25) is 9.88 Å². The summed E-state index contributed by atoms with van der Waals surface area (Å²) in [6.07, 6.45) is -9.83. The van der Waals surface area contributed by atoms with Crippen LogP contribution < -0.4 is 9.80 Å². The molecule has 0 spiro atoms. The Morgan fingerprint density at radius 3 is 2.20 bits per heavy atom. The molecule has 15 heteroatoms. The zero-order valence-electron chi connectivity index (χ0n) is 23.0. The third-order valence-corrected chi connectivity index (χ3v) is 6.95. The lowest BCUT2D eigenvalue weighted by Crippen LogP contribution is -2.48. The number of amides is 1. The zero-order chi connectivity index (χ0) is 30.3. The van der Waals surface area contributed by atoms with Crippen LogP contribution in [0.5, 0.6) is 0 Å². The molecule has 1 aliphatic rings. The van der Waals surface area contributed by atoms with Crippen LogP contribution in [0.3, 0.4) is 0 Å². The SMILES string of the molecule is CCOC(=O)N1c2c(cc(C)nc2C)C(N(Cc2cc(C(F)(F)F)cc(C(F)(F)F)c2)c2nnnn2C)CC1CC. The van der Waals surface area contributed by atoms with E-state index in [-0.39, 0.29) is 37.2 Å². The largest absolute Gasteiger partial charge is 0.449 e. The first kappa shape index (κ1) is 30.1. The molecular formula is C26H29F6N7O2. The molecule has 0 aliphatic carbocycles. The van der Waals surface area contributed by atoms with Gasteiger partial charge >= 0.3 is 18.4 Å². The number of aromatic nitrogens is 5. The van der Waals surface area contributed by atoms with E-state index in [1.165, 1.54) is 16.6 Å². The summed E-state index contributed by atoms with van der Waals surface area (Å²) in [6, 6.07) is 2.16. The predicted molar refractivity (Wildman–Crippen MR) is 136 cm³/mol. The Balaban J connectivity index is 1.92. The standard InChI is InChI=1S/C26H29F6N7O2/c1-6-19-12-21(20-8-14(3)33-15(4)22(20)39(19)24(40)41-7-2)38(23-34-35-36-37(23)5)13-16-9-17(25(27,28)29)11-18(10-16)26(30,31)32/h8-11,19,21H,6-7,12-13H2,1-5H3. The van der Waals surface area contributed by atoms with E-state index in [1.54, 1.807) is 31.7 Å². The second-order valence-corrected chi connectivity index (χ2v) is 9.81. The number of nitrogens with zero attached hydrogens (tertiary/aromatic N) is 7. The van der Waals surface area contributed by atoms with Crippen LogP contribution >= 0.6 is 0 Å². The minimum absolute atomic E-state index is 0.0936. The Morgan fingerprint density at radius 1 is 1.05 bits per heavy atom. The van der Waals surface area contributed by atoms with Crippen molar-refractivity contribution < 1.29 is 35.9 Å². The van der Waals surface area contributed by atoms with E-state index in [0.717, 1.165) is 0 Å². The van der Waals surface area contributed by atoms with E-state index in [9.17, 15) is 31.1 Å². The van der Waals surface area contributed by atoms with Crippen LogP contribution in [0.25, 0.3) is 0 Å². The normalized spacial score (nSPS) is 17.4. The molecule has 1 aliphatic heterocycles. The lowest BCUT2D eigenvalue weighted by molar-refractivity contribution is -0.143. The summed E-state index contributed by atoms with van der Waals surface area (Å²) >= 11 is 0. The fourth-order valence-electron chi connectivity index (χ4n) is 5.27. The van der Waals surface area contributed by atoms with E-state index < -0.39 is 41.7 Å². The van der Waals surface area contributed by atoms with Crippen LogP contribution in [0, 0.1) is 13.8 Å². The van der Waals surface area contributed by atoms with Gasteiger partial charge in [-0.25, -0.2) is 9.48 Å². The molecule has 2 unspecified atom stereocenters. The number of carbonyl (C=O) groups is 1. The van der Waals surface area contributed by atoms with Gasteiger partial charge in [0.15, 0.2) is 0 Å². The van der Waals surface area contributed by atoms with Gasteiger partial charge in [0, 0.05) is 30.9 Å². The first-order valence-corrected chi connectivity index (χ1v) is 12.9. The van der Waals surface area contributed by atoms with Gasteiger partial charge in [0.25, 0.3) is 0 Å². The van der Waals surface area contributed by atoms with E-state index in [4.69, 9.17) is 4.74 Å². The number of anilines is 2. The second kappa shape index (κ2) is 11.2. The van der Waals surface area contributed by atoms with Crippen LogP contribution in [0.2, 0.25) is 0 Å². The smallest absolute Gasteiger partial charge is 0.416 e. The number of carbonyl (C=O) groups excluding carboxylic acids is 1. The molecule has 0 saturated carbocycles. The van der Waals surface area contributed by atoms with Crippen molar-refractivity contribution in [3.8, 4) is 0 Å². The molecule has 1 amide bonds. The molecule has 0 bridgehead atoms. The topological polar surface area (TPSA) is 89.3 Å². The molecule has 2 aromatic heterocycles. The van der Waals surface area contributed by atoms with Crippen LogP contribution in [-0.2, 0) is 30.7 Å². The van der Waals surface area contributed by atoms with Crippen LogP contribution in [-0.4, -0.2) is 43.9 Å². The van der Waals surface area contributed by atoms with Crippen molar-refractivity contribution in [2.75, 3.05) is 16.4 Å². The maximum absolute atomic E-state index is 13.7. The Morgan fingerprint density at radius 2 is 1.68 bits per heavy atom. The van der Waals surface area contributed by atoms with Gasteiger partial charge in [0.05, 0.1) is 35.2 Å². The fraction of sp³-hybridized carbons (Fsp3) is 0.500.